The molecule has 0 fully saturated rings. The van der Waals surface area contributed by atoms with Crippen molar-refractivity contribution in [3.05, 3.63) is 36.5 Å². The van der Waals surface area contributed by atoms with Crippen LogP contribution in [0.1, 0.15) is 245 Å². The van der Waals surface area contributed by atoms with Gasteiger partial charge in [0.15, 0.2) is 6.29 Å². The molecule has 0 rings (SSSR count). The molecule has 0 aliphatic rings. The van der Waals surface area contributed by atoms with E-state index >= 15 is 0 Å². The van der Waals surface area contributed by atoms with Crippen LogP contribution in [0.15, 0.2) is 36.5 Å². The smallest absolute Gasteiger partial charge is 0.309 e. The first-order chi connectivity index (χ1) is 29.9. The molecule has 1 atom stereocenters. The molecule has 0 aromatic heterocycles. The molecule has 0 aliphatic heterocycles. The van der Waals surface area contributed by atoms with Crippen LogP contribution in [0.2, 0.25) is 0 Å². The number of ether oxygens (including phenoxy) is 4. The minimum absolute atomic E-state index is 0.0282. The van der Waals surface area contributed by atoms with Gasteiger partial charge in [0.2, 0.25) is 0 Å². The van der Waals surface area contributed by atoms with Gasteiger partial charge >= 0.3 is 11.9 Å². The number of nitrogens with zero attached hydrogens (tertiary/aromatic N) is 1. The highest BCUT2D eigenvalue weighted by Gasteiger charge is 2.15. The second-order valence-corrected chi connectivity index (χ2v) is 17.8. The van der Waals surface area contributed by atoms with Gasteiger partial charge in [-0.15, -0.1) is 0 Å². The van der Waals surface area contributed by atoms with Crippen LogP contribution in [-0.4, -0.2) is 69.7 Å². The average Bonchev–Trinajstić information content (AvgIpc) is 3.24. The zero-order chi connectivity index (χ0) is 44.5. The van der Waals surface area contributed by atoms with Gasteiger partial charge in [0, 0.05) is 6.42 Å². The Balaban J connectivity index is 4.36. The summed E-state index contributed by atoms with van der Waals surface area (Å²) in [5, 5.41) is 0. The fourth-order valence-electron chi connectivity index (χ4n) is 7.49. The maximum atomic E-state index is 12.7. The molecule has 0 radical (unpaired) electrons. The molecule has 0 amide bonds. The van der Waals surface area contributed by atoms with Crippen LogP contribution in [0.3, 0.4) is 0 Å². The minimum atomic E-state index is -0.135. The molecule has 0 heterocycles. The lowest BCUT2D eigenvalue weighted by Crippen LogP contribution is -2.20. The highest BCUT2D eigenvalue weighted by Crippen LogP contribution is 2.19. The summed E-state index contributed by atoms with van der Waals surface area (Å²) in [4.78, 5) is 26.7. The molecular weight excluding hydrogens is 759 g/mol. The molecule has 358 valence electrons. The van der Waals surface area contributed by atoms with Gasteiger partial charge in [0.05, 0.1) is 26.2 Å². The predicted molar refractivity (Wildman–Crippen MR) is 261 cm³/mol. The van der Waals surface area contributed by atoms with Gasteiger partial charge < -0.3 is 23.8 Å². The van der Waals surface area contributed by atoms with Crippen molar-refractivity contribution in [1.29, 1.82) is 0 Å². The zero-order valence-electron chi connectivity index (χ0n) is 41.1. The van der Waals surface area contributed by atoms with Gasteiger partial charge in [-0.05, 0) is 111 Å². The molecule has 0 spiro atoms. The molecular formula is C54H101NO6. The lowest BCUT2D eigenvalue weighted by Gasteiger charge is -2.19. The Morgan fingerprint density at radius 2 is 0.885 bits per heavy atom. The van der Waals surface area contributed by atoms with Gasteiger partial charge in [-0.1, -0.05) is 179 Å². The van der Waals surface area contributed by atoms with Crippen molar-refractivity contribution in [2.24, 2.45) is 0 Å². The zero-order valence-corrected chi connectivity index (χ0v) is 41.1. The third-order valence-corrected chi connectivity index (χ3v) is 11.4. The van der Waals surface area contributed by atoms with Crippen LogP contribution in [0.4, 0.5) is 0 Å². The van der Waals surface area contributed by atoms with Crippen LogP contribution < -0.4 is 0 Å². The van der Waals surface area contributed by atoms with E-state index in [1.54, 1.807) is 0 Å². The van der Waals surface area contributed by atoms with E-state index in [1.165, 1.54) is 135 Å². The Morgan fingerprint density at radius 1 is 0.459 bits per heavy atom. The molecule has 0 bridgehead atoms. The minimum Gasteiger partial charge on any atom is -0.465 e. The van der Waals surface area contributed by atoms with Gasteiger partial charge in [-0.2, -0.15) is 0 Å². The van der Waals surface area contributed by atoms with E-state index < -0.39 is 0 Å². The van der Waals surface area contributed by atoms with Crippen molar-refractivity contribution in [2.45, 2.75) is 258 Å². The average molecular weight is 860 g/mol. The van der Waals surface area contributed by atoms with E-state index in [2.05, 4.69) is 56.1 Å². The normalized spacial score (nSPS) is 12.6. The topological polar surface area (TPSA) is 74.3 Å². The maximum Gasteiger partial charge on any atom is 0.309 e. The standard InChI is InChI=1S/C54H101NO6/c1-6-9-12-15-24-32-39-49-59-54(60-50-40-33-25-16-13-10-7-2)46-37-30-23-20-22-28-35-43-51(61-53(57)45-41-47-55(4)5)42-34-27-21-18-19-26-31-38-48-58-52(56)44-36-29-17-14-11-8-3/h29,32-33,36,39-40,51,54H,6-28,30-31,34-35,37-38,41-50H2,1-5H3/b36-29-,39-32-,40-33-. The molecule has 1 unspecified atom stereocenters. The van der Waals surface area contributed by atoms with E-state index in [-0.39, 0.29) is 24.3 Å². The summed E-state index contributed by atoms with van der Waals surface area (Å²) in [6, 6.07) is 0. The highest BCUT2D eigenvalue weighted by atomic mass is 16.7. The van der Waals surface area contributed by atoms with E-state index in [4.69, 9.17) is 18.9 Å². The van der Waals surface area contributed by atoms with Gasteiger partial charge in [0.25, 0.3) is 0 Å². The molecule has 61 heavy (non-hydrogen) atoms. The van der Waals surface area contributed by atoms with Crippen LogP contribution in [-0.2, 0) is 28.5 Å². The number of unbranched alkanes of at least 4 members (excludes halogenated alkanes) is 24. The summed E-state index contributed by atoms with van der Waals surface area (Å²) >= 11 is 0. The van der Waals surface area contributed by atoms with Gasteiger partial charge in [-0.25, -0.2) is 0 Å². The fourth-order valence-corrected chi connectivity index (χ4v) is 7.49. The van der Waals surface area contributed by atoms with E-state index in [9.17, 15) is 9.59 Å². The largest absolute Gasteiger partial charge is 0.465 e. The molecule has 0 saturated heterocycles. The number of rotatable bonds is 48. The maximum absolute atomic E-state index is 12.7. The monoisotopic (exact) mass is 860 g/mol. The summed E-state index contributed by atoms with van der Waals surface area (Å²) in [6.07, 6.45) is 52.6. The summed E-state index contributed by atoms with van der Waals surface area (Å²) in [6.45, 7) is 9.44. The molecule has 0 aromatic rings. The number of hydrogen-bond donors (Lipinski definition) is 0. The van der Waals surface area contributed by atoms with Gasteiger partial charge in [-0.3, -0.25) is 9.59 Å². The van der Waals surface area contributed by atoms with Gasteiger partial charge in [0.1, 0.15) is 6.10 Å². The second-order valence-electron chi connectivity index (χ2n) is 17.8. The molecule has 7 heteroatoms. The van der Waals surface area contributed by atoms with Crippen molar-refractivity contribution in [3.8, 4) is 0 Å². The Kier molecular flexibility index (Phi) is 47.5. The molecule has 7 nitrogen and oxygen atoms in total. The fraction of sp³-hybridized carbons (Fsp3) is 0.852. The third kappa shape index (κ3) is 47.4. The van der Waals surface area contributed by atoms with E-state index in [1.807, 2.05) is 20.2 Å². The molecule has 0 aliphatic carbocycles. The number of hydrogen-bond acceptors (Lipinski definition) is 7. The van der Waals surface area contributed by atoms with Crippen LogP contribution in [0, 0.1) is 0 Å². The Hall–Kier alpha value is -1.96. The summed E-state index contributed by atoms with van der Waals surface area (Å²) in [5.74, 6) is -0.134. The Bertz CT molecular complexity index is 983. The predicted octanol–water partition coefficient (Wildman–Crippen LogP) is 15.7. The summed E-state index contributed by atoms with van der Waals surface area (Å²) in [5.41, 5.74) is 0. The molecule has 0 saturated carbocycles. The first kappa shape index (κ1) is 59.0. The second kappa shape index (κ2) is 49.1. The SMILES string of the molecule is CCCCC/C=C\CC(=O)OCCCCCCCCCCC(CCCCCCCCCC(OC/C=C\CCCCCC)OC/C=C\CCCCCC)OC(=O)CCCN(C)C. The Labute approximate surface area is 379 Å². The number of carbonyl (C=O) groups excluding carboxylic acids is 2. The van der Waals surface area contributed by atoms with Crippen molar-refractivity contribution >= 4 is 11.9 Å². The van der Waals surface area contributed by atoms with Crippen LogP contribution in [0.5, 0.6) is 0 Å². The number of allylic oxidation sites excluding steroid dienone is 3. The lowest BCUT2D eigenvalue weighted by atomic mass is 10.0. The third-order valence-electron chi connectivity index (χ3n) is 11.4. The number of carbonyl (C=O) groups is 2. The Morgan fingerprint density at radius 3 is 1.39 bits per heavy atom. The van der Waals surface area contributed by atoms with E-state index in [0.717, 1.165) is 83.6 Å². The van der Waals surface area contributed by atoms with Crippen molar-refractivity contribution in [3.63, 3.8) is 0 Å². The van der Waals surface area contributed by atoms with Crippen LogP contribution >= 0.6 is 0 Å². The quantitative estimate of drug-likeness (QED) is 0.0261. The summed E-state index contributed by atoms with van der Waals surface area (Å²) in [7, 11) is 4.10. The first-order valence-corrected chi connectivity index (χ1v) is 26.1. The molecule has 0 aromatic carbocycles. The molecule has 0 N–H and O–H groups in total. The van der Waals surface area contributed by atoms with Crippen molar-refractivity contribution < 1.29 is 28.5 Å². The highest BCUT2D eigenvalue weighted by molar-refractivity contribution is 5.71. The lowest BCUT2D eigenvalue weighted by molar-refractivity contribution is -0.150. The van der Waals surface area contributed by atoms with Crippen molar-refractivity contribution in [1.82, 2.24) is 4.90 Å². The van der Waals surface area contributed by atoms with E-state index in [0.29, 0.717) is 32.7 Å². The van der Waals surface area contributed by atoms with Crippen molar-refractivity contribution in [2.75, 3.05) is 40.5 Å². The van der Waals surface area contributed by atoms with Crippen LogP contribution in [0.25, 0.3) is 0 Å². The summed E-state index contributed by atoms with van der Waals surface area (Å²) < 4.78 is 23.8. The number of esters is 2. The first-order valence-electron chi connectivity index (χ1n) is 26.1.